The minimum absolute atomic E-state index is 0.0564. The molecule has 0 spiro atoms. The van der Waals surface area contributed by atoms with Gasteiger partial charge in [-0.1, -0.05) is 48.5 Å². The van der Waals surface area contributed by atoms with Crippen molar-refractivity contribution >= 4 is 27.7 Å². The fraction of sp³-hybridized carbons (Fsp3) is 0.174. The molecule has 0 saturated heterocycles. The Balaban J connectivity index is 1.92. The Labute approximate surface area is 177 Å². The number of Topliss-reactive ketones (excluding diaryl/α,β-unsaturated/α-hetero) is 1. The van der Waals surface area contributed by atoms with Crippen LogP contribution in [0.2, 0.25) is 0 Å². The molecule has 0 aliphatic carbocycles. The zero-order valence-corrected chi connectivity index (χ0v) is 17.5. The van der Waals surface area contributed by atoms with Gasteiger partial charge in [-0.05, 0) is 46.1 Å². The summed E-state index contributed by atoms with van der Waals surface area (Å²) in [6.45, 7) is 1.96. The number of esters is 1. The Morgan fingerprint density at radius 3 is 2.38 bits per heavy atom. The second-order valence-electron chi connectivity index (χ2n) is 6.36. The molecule has 0 bridgehead atoms. The van der Waals surface area contributed by atoms with Gasteiger partial charge in [-0.15, -0.1) is 0 Å². The average Bonchev–Trinajstić information content (AvgIpc) is 2.75. The van der Waals surface area contributed by atoms with Gasteiger partial charge in [-0.25, -0.2) is 4.98 Å². The third-order valence-electron chi connectivity index (χ3n) is 4.34. The first kappa shape index (κ1) is 20.7. The van der Waals surface area contributed by atoms with Crippen LogP contribution in [0.4, 0.5) is 0 Å². The van der Waals surface area contributed by atoms with Crippen LogP contribution in [-0.2, 0) is 9.53 Å². The largest absolute Gasteiger partial charge is 0.504 e. The number of carbonyl (C=O) groups excluding carboxylic acids is 2. The van der Waals surface area contributed by atoms with Crippen molar-refractivity contribution in [3.05, 3.63) is 70.8 Å². The summed E-state index contributed by atoms with van der Waals surface area (Å²) in [4.78, 5) is 28.5. The number of nitrogens with zero attached hydrogens (tertiary/aromatic N) is 1. The highest BCUT2D eigenvalue weighted by atomic mass is 79.9. The number of ketones is 1. The van der Waals surface area contributed by atoms with Crippen LogP contribution in [0.5, 0.6) is 5.75 Å². The second kappa shape index (κ2) is 9.47. The number of aromatic nitrogens is 1. The van der Waals surface area contributed by atoms with E-state index in [1.807, 2.05) is 54.6 Å². The van der Waals surface area contributed by atoms with Gasteiger partial charge in [0.05, 0.1) is 23.2 Å². The summed E-state index contributed by atoms with van der Waals surface area (Å²) in [5.74, 6) is -1.11. The summed E-state index contributed by atoms with van der Waals surface area (Å²) in [6.07, 6.45) is -0.140. The molecule has 1 aromatic heterocycles. The van der Waals surface area contributed by atoms with Crippen molar-refractivity contribution in [2.75, 3.05) is 6.61 Å². The molecule has 1 heterocycles. The van der Waals surface area contributed by atoms with E-state index < -0.39 is 11.8 Å². The molecule has 0 atom stereocenters. The van der Waals surface area contributed by atoms with Crippen LogP contribution in [-0.4, -0.2) is 28.4 Å². The van der Waals surface area contributed by atoms with E-state index in [4.69, 9.17) is 4.74 Å². The highest BCUT2D eigenvalue weighted by Gasteiger charge is 2.19. The van der Waals surface area contributed by atoms with E-state index in [1.54, 1.807) is 13.0 Å². The fourth-order valence-corrected chi connectivity index (χ4v) is 3.31. The molecule has 5 nitrogen and oxygen atoms in total. The van der Waals surface area contributed by atoms with Gasteiger partial charge in [0.2, 0.25) is 0 Å². The molecule has 0 unspecified atom stereocenters. The van der Waals surface area contributed by atoms with Crippen molar-refractivity contribution < 1.29 is 19.4 Å². The summed E-state index contributed by atoms with van der Waals surface area (Å²) in [7, 11) is 0. The van der Waals surface area contributed by atoms with E-state index in [2.05, 4.69) is 20.9 Å². The topological polar surface area (TPSA) is 76.5 Å². The summed E-state index contributed by atoms with van der Waals surface area (Å²) in [5.41, 5.74) is 3.38. The second-order valence-corrected chi connectivity index (χ2v) is 7.22. The van der Waals surface area contributed by atoms with Gasteiger partial charge in [-0.2, -0.15) is 0 Å². The molecule has 6 heteroatoms. The Morgan fingerprint density at radius 2 is 1.66 bits per heavy atom. The van der Waals surface area contributed by atoms with Crippen LogP contribution in [0.15, 0.2) is 65.1 Å². The molecule has 3 aromatic rings. The molecule has 0 aliphatic heterocycles. The maximum Gasteiger partial charge on any atom is 0.306 e. The average molecular weight is 454 g/mol. The highest BCUT2D eigenvalue weighted by molar-refractivity contribution is 9.10. The van der Waals surface area contributed by atoms with Crippen molar-refractivity contribution in [1.29, 1.82) is 0 Å². The van der Waals surface area contributed by atoms with Gasteiger partial charge in [0.1, 0.15) is 5.69 Å². The molecule has 3 rings (SSSR count). The quantitative estimate of drug-likeness (QED) is 0.382. The first-order valence-electron chi connectivity index (χ1n) is 9.23. The minimum atomic E-state index is -0.453. The number of aromatic hydroxyl groups is 1. The summed E-state index contributed by atoms with van der Waals surface area (Å²) in [6, 6.07) is 19.4. The van der Waals surface area contributed by atoms with E-state index in [0.29, 0.717) is 10.2 Å². The number of halogens is 1. The first-order chi connectivity index (χ1) is 14.0. The predicted molar refractivity (Wildman–Crippen MR) is 115 cm³/mol. The Bertz CT molecular complexity index is 1030. The Kier molecular flexibility index (Phi) is 6.77. The Morgan fingerprint density at radius 1 is 0.966 bits per heavy atom. The number of hydrogen-bond acceptors (Lipinski definition) is 5. The number of ether oxygens (including phenoxy) is 1. The smallest absolute Gasteiger partial charge is 0.306 e. The van der Waals surface area contributed by atoms with Gasteiger partial charge >= 0.3 is 5.97 Å². The maximum absolute atomic E-state index is 12.5. The lowest BCUT2D eigenvalue weighted by atomic mass is 10.0. The molecule has 2 aromatic carbocycles. The third-order valence-corrected chi connectivity index (χ3v) is 4.94. The maximum atomic E-state index is 12.5. The van der Waals surface area contributed by atoms with E-state index >= 15 is 0 Å². The third kappa shape index (κ3) is 5.09. The van der Waals surface area contributed by atoms with E-state index in [-0.39, 0.29) is 30.9 Å². The van der Waals surface area contributed by atoms with E-state index in [0.717, 1.165) is 16.7 Å². The molecular formula is C23H20BrNO4. The standard InChI is InChI=1S/C23H20BrNO4/c1-2-29-21(27)12-11-20(26)22-23(28)18(24)14-19(25-22)17-10-6-9-16(13-17)15-7-4-3-5-8-15/h3-10,13-14,28H,2,11-12H2,1H3. The number of hydrogen-bond donors (Lipinski definition) is 1. The summed E-state index contributed by atoms with van der Waals surface area (Å²) >= 11 is 3.30. The van der Waals surface area contributed by atoms with Crippen LogP contribution in [0, 0.1) is 0 Å². The molecule has 1 N–H and O–H groups in total. The molecule has 29 heavy (non-hydrogen) atoms. The molecule has 0 radical (unpaired) electrons. The monoisotopic (exact) mass is 453 g/mol. The molecule has 148 valence electrons. The van der Waals surface area contributed by atoms with Gasteiger partial charge in [0, 0.05) is 12.0 Å². The van der Waals surface area contributed by atoms with Crippen LogP contribution >= 0.6 is 15.9 Å². The number of rotatable bonds is 7. The van der Waals surface area contributed by atoms with Gasteiger partial charge in [-0.3, -0.25) is 9.59 Å². The summed E-state index contributed by atoms with van der Waals surface area (Å²) < 4.78 is 5.21. The molecular weight excluding hydrogens is 434 g/mol. The van der Waals surface area contributed by atoms with Crippen molar-refractivity contribution in [1.82, 2.24) is 4.98 Å². The highest BCUT2D eigenvalue weighted by Crippen LogP contribution is 2.33. The van der Waals surface area contributed by atoms with E-state index in [9.17, 15) is 14.7 Å². The summed E-state index contributed by atoms with van der Waals surface area (Å²) in [5, 5.41) is 10.3. The minimum Gasteiger partial charge on any atom is -0.504 e. The van der Waals surface area contributed by atoms with Crippen LogP contribution in [0.25, 0.3) is 22.4 Å². The molecule has 0 amide bonds. The lowest BCUT2D eigenvalue weighted by molar-refractivity contribution is -0.143. The zero-order valence-electron chi connectivity index (χ0n) is 15.9. The molecule has 0 aliphatic rings. The fourth-order valence-electron chi connectivity index (χ4n) is 2.91. The number of carbonyl (C=O) groups is 2. The van der Waals surface area contributed by atoms with Crippen molar-refractivity contribution in [2.24, 2.45) is 0 Å². The van der Waals surface area contributed by atoms with Crippen molar-refractivity contribution in [3.8, 4) is 28.1 Å². The molecule has 0 fully saturated rings. The van der Waals surface area contributed by atoms with Gasteiger partial charge in [0.15, 0.2) is 11.5 Å². The zero-order chi connectivity index (χ0) is 20.8. The van der Waals surface area contributed by atoms with Crippen molar-refractivity contribution in [3.63, 3.8) is 0 Å². The van der Waals surface area contributed by atoms with Crippen LogP contribution < -0.4 is 0 Å². The first-order valence-corrected chi connectivity index (χ1v) is 10.0. The van der Waals surface area contributed by atoms with Gasteiger partial charge in [0.25, 0.3) is 0 Å². The normalized spacial score (nSPS) is 10.6. The van der Waals surface area contributed by atoms with Crippen molar-refractivity contribution in [2.45, 2.75) is 19.8 Å². The SMILES string of the molecule is CCOC(=O)CCC(=O)c1nc(-c2cccc(-c3ccccc3)c2)cc(Br)c1O. The predicted octanol–water partition coefficient (Wildman–Crippen LogP) is 5.41. The molecule has 0 saturated carbocycles. The lowest BCUT2D eigenvalue weighted by Crippen LogP contribution is -2.10. The van der Waals surface area contributed by atoms with E-state index in [1.165, 1.54) is 0 Å². The van der Waals surface area contributed by atoms with Crippen LogP contribution in [0.3, 0.4) is 0 Å². The van der Waals surface area contributed by atoms with Crippen LogP contribution in [0.1, 0.15) is 30.3 Å². The lowest BCUT2D eigenvalue weighted by Gasteiger charge is -2.10. The number of benzene rings is 2. The van der Waals surface area contributed by atoms with Gasteiger partial charge < -0.3 is 9.84 Å². The Hall–Kier alpha value is -2.99. The number of pyridine rings is 1.